The van der Waals surface area contributed by atoms with E-state index in [1.165, 1.54) is 0 Å². The van der Waals surface area contributed by atoms with E-state index in [0.29, 0.717) is 6.04 Å². The molecule has 33 heavy (non-hydrogen) atoms. The van der Waals surface area contributed by atoms with Crippen LogP contribution < -0.4 is 10.6 Å². The molecule has 1 aliphatic heterocycles. The fourth-order valence-corrected chi connectivity index (χ4v) is 5.81. The topological polar surface area (TPSA) is 91.4 Å². The minimum Gasteiger partial charge on any atom is -0.366 e. The number of piperidine rings is 1. The molecule has 5 rings (SSSR count). The van der Waals surface area contributed by atoms with E-state index in [1.807, 2.05) is 43.9 Å². The fourth-order valence-electron chi connectivity index (χ4n) is 4.97. The fraction of sp³-hybridized carbons (Fsp3) is 0.440. The van der Waals surface area contributed by atoms with Gasteiger partial charge in [-0.3, -0.25) is 5.10 Å². The number of aromatic amines is 1. The summed E-state index contributed by atoms with van der Waals surface area (Å²) >= 11 is 1.62. The van der Waals surface area contributed by atoms with Crippen molar-refractivity contribution < 1.29 is 0 Å². The Morgan fingerprint density at radius 1 is 0.970 bits per heavy atom. The van der Waals surface area contributed by atoms with Crippen molar-refractivity contribution >= 4 is 27.4 Å². The average Bonchev–Trinajstić information content (AvgIpc) is 3.45. The predicted octanol–water partition coefficient (Wildman–Crippen LogP) is 5.89. The summed E-state index contributed by atoms with van der Waals surface area (Å²) in [4.78, 5) is 4.59. The van der Waals surface area contributed by atoms with Gasteiger partial charge in [-0.2, -0.15) is 5.10 Å². The lowest BCUT2D eigenvalue weighted by molar-refractivity contribution is 0.170. The molecule has 1 aromatic carbocycles. The highest BCUT2D eigenvalue weighted by atomic mass is 32.1. The molecule has 0 unspecified atom stereocenters. The highest BCUT2D eigenvalue weighted by molar-refractivity contribution is 7.17. The van der Waals surface area contributed by atoms with Gasteiger partial charge in [0.1, 0.15) is 5.82 Å². The summed E-state index contributed by atoms with van der Waals surface area (Å²) in [6.45, 7) is 13.0. The number of H-pyrrole nitrogens is 1. The molecule has 3 aromatic heterocycles. The van der Waals surface area contributed by atoms with Gasteiger partial charge in [0, 0.05) is 40.0 Å². The van der Waals surface area contributed by atoms with Crippen LogP contribution in [0.4, 0.5) is 5.82 Å². The van der Waals surface area contributed by atoms with Crippen LogP contribution in [0.2, 0.25) is 0 Å². The van der Waals surface area contributed by atoms with E-state index < -0.39 is 0 Å². The maximum Gasteiger partial charge on any atom is 0.148 e. The van der Waals surface area contributed by atoms with Gasteiger partial charge in [0.25, 0.3) is 0 Å². The van der Waals surface area contributed by atoms with E-state index in [0.717, 1.165) is 51.3 Å². The molecule has 0 spiro atoms. The standard InChI is InChI=1S/C23H27N7S.C2H6/c1-22(2)9-15(10-23(3,4)30-22)27-19-8-7-18(28-29-19)17-6-5-16(14-11-25-26-12-14)20-21(17)31-13-24-20;1-2/h5-8,11-13,15,30H,9-10H2,1-4H3,(H,25,26)(H,27,29);1-2H3. The van der Waals surface area contributed by atoms with Crippen molar-refractivity contribution in [2.45, 2.75) is 71.5 Å². The zero-order valence-electron chi connectivity index (χ0n) is 20.2. The number of benzene rings is 1. The molecule has 7 nitrogen and oxygen atoms in total. The number of nitrogens with zero attached hydrogens (tertiary/aromatic N) is 4. The first kappa shape index (κ1) is 23.3. The number of anilines is 1. The van der Waals surface area contributed by atoms with Gasteiger partial charge in [0.05, 0.1) is 27.6 Å². The highest BCUT2D eigenvalue weighted by Gasteiger charge is 2.37. The molecule has 3 N–H and O–H groups in total. The van der Waals surface area contributed by atoms with Crippen LogP contribution in [0.15, 0.2) is 42.2 Å². The van der Waals surface area contributed by atoms with Crippen LogP contribution in [0.25, 0.3) is 32.6 Å². The molecule has 0 radical (unpaired) electrons. The van der Waals surface area contributed by atoms with Crippen molar-refractivity contribution in [3.8, 4) is 22.4 Å². The number of rotatable bonds is 4. The Morgan fingerprint density at radius 2 is 1.70 bits per heavy atom. The summed E-state index contributed by atoms with van der Waals surface area (Å²) in [5.74, 6) is 0.817. The van der Waals surface area contributed by atoms with Crippen molar-refractivity contribution in [2.75, 3.05) is 5.32 Å². The van der Waals surface area contributed by atoms with Crippen molar-refractivity contribution in [2.24, 2.45) is 0 Å². The monoisotopic (exact) mass is 463 g/mol. The molecular formula is C25H33N7S. The number of aromatic nitrogens is 5. The number of thiazole rings is 1. The summed E-state index contributed by atoms with van der Waals surface area (Å²) in [6.07, 6.45) is 5.78. The van der Waals surface area contributed by atoms with Crippen LogP contribution in [0.3, 0.4) is 0 Å². The Hall–Kier alpha value is -2.84. The van der Waals surface area contributed by atoms with Crippen molar-refractivity contribution in [3.05, 3.63) is 42.2 Å². The minimum atomic E-state index is 0.0846. The minimum absolute atomic E-state index is 0.0846. The normalized spacial score (nSPS) is 17.4. The molecule has 0 aliphatic carbocycles. The van der Waals surface area contributed by atoms with Gasteiger partial charge in [0.15, 0.2) is 0 Å². The first-order valence-corrected chi connectivity index (χ1v) is 12.4. The average molecular weight is 464 g/mol. The van der Waals surface area contributed by atoms with E-state index in [1.54, 1.807) is 11.3 Å². The van der Waals surface area contributed by atoms with E-state index in [4.69, 9.17) is 0 Å². The van der Waals surface area contributed by atoms with Gasteiger partial charge in [-0.05, 0) is 52.7 Å². The molecule has 4 aromatic rings. The molecule has 1 fully saturated rings. The second-order valence-electron chi connectivity index (χ2n) is 9.62. The molecule has 1 aliphatic rings. The first-order chi connectivity index (χ1) is 15.8. The van der Waals surface area contributed by atoms with Gasteiger partial charge >= 0.3 is 0 Å². The number of fused-ring (bicyclic) bond motifs is 1. The molecule has 0 bridgehead atoms. The van der Waals surface area contributed by atoms with Crippen molar-refractivity contribution in [1.29, 1.82) is 0 Å². The Morgan fingerprint density at radius 3 is 2.33 bits per heavy atom. The highest BCUT2D eigenvalue weighted by Crippen LogP contribution is 2.36. The molecule has 0 atom stereocenters. The maximum absolute atomic E-state index is 4.59. The lowest BCUT2D eigenvalue weighted by Crippen LogP contribution is -2.60. The molecular weight excluding hydrogens is 430 g/mol. The van der Waals surface area contributed by atoms with Crippen LogP contribution in [0.1, 0.15) is 54.4 Å². The third-order valence-corrected chi connectivity index (χ3v) is 6.64. The lowest BCUT2D eigenvalue weighted by Gasteiger charge is -2.46. The molecule has 4 heterocycles. The van der Waals surface area contributed by atoms with E-state index in [-0.39, 0.29) is 11.1 Å². The number of hydrogen-bond acceptors (Lipinski definition) is 7. The van der Waals surface area contributed by atoms with Crippen LogP contribution >= 0.6 is 11.3 Å². The van der Waals surface area contributed by atoms with Crippen LogP contribution in [-0.2, 0) is 0 Å². The third-order valence-electron chi connectivity index (χ3n) is 5.78. The Kier molecular flexibility index (Phi) is 6.50. The Labute approximate surface area is 199 Å². The van der Waals surface area contributed by atoms with Crippen LogP contribution in [0, 0.1) is 0 Å². The van der Waals surface area contributed by atoms with E-state index >= 15 is 0 Å². The third kappa shape index (κ3) is 5.07. The summed E-state index contributed by atoms with van der Waals surface area (Å²) < 4.78 is 1.11. The van der Waals surface area contributed by atoms with Gasteiger partial charge in [-0.25, -0.2) is 4.98 Å². The quantitative estimate of drug-likeness (QED) is 0.349. The largest absolute Gasteiger partial charge is 0.366 e. The van der Waals surface area contributed by atoms with E-state index in [9.17, 15) is 0 Å². The van der Waals surface area contributed by atoms with Crippen LogP contribution in [-0.4, -0.2) is 42.5 Å². The van der Waals surface area contributed by atoms with Gasteiger partial charge < -0.3 is 10.6 Å². The molecule has 0 amide bonds. The van der Waals surface area contributed by atoms with Gasteiger partial charge in [-0.1, -0.05) is 26.0 Å². The zero-order valence-corrected chi connectivity index (χ0v) is 21.0. The molecule has 8 heteroatoms. The summed E-state index contributed by atoms with van der Waals surface area (Å²) in [6, 6.07) is 8.60. The SMILES string of the molecule is CC.CC1(C)CC(Nc2ccc(-c3ccc(-c4cn[nH]c4)c4ncsc34)nn2)CC(C)(C)N1. The van der Waals surface area contributed by atoms with Crippen LogP contribution in [0.5, 0.6) is 0 Å². The summed E-state index contributed by atoms with van der Waals surface area (Å²) in [5, 5.41) is 23.3. The summed E-state index contributed by atoms with van der Waals surface area (Å²) in [5.41, 5.74) is 7.01. The van der Waals surface area contributed by atoms with Gasteiger partial charge in [0.2, 0.25) is 0 Å². The summed E-state index contributed by atoms with van der Waals surface area (Å²) in [7, 11) is 0. The van der Waals surface area contributed by atoms with Gasteiger partial charge in [-0.15, -0.1) is 21.5 Å². The lowest BCUT2D eigenvalue weighted by atomic mass is 9.79. The smallest absolute Gasteiger partial charge is 0.148 e. The zero-order chi connectivity index (χ0) is 23.6. The van der Waals surface area contributed by atoms with E-state index in [2.05, 4.69) is 75.8 Å². The second-order valence-corrected chi connectivity index (χ2v) is 10.5. The molecule has 0 saturated carbocycles. The Balaban J connectivity index is 0.00000126. The van der Waals surface area contributed by atoms with Crippen molar-refractivity contribution in [3.63, 3.8) is 0 Å². The number of nitrogens with one attached hydrogen (secondary N) is 3. The molecule has 1 saturated heterocycles. The first-order valence-electron chi connectivity index (χ1n) is 11.6. The maximum atomic E-state index is 4.59. The molecule has 174 valence electrons. The predicted molar refractivity (Wildman–Crippen MR) is 138 cm³/mol. The Bertz CT molecular complexity index is 1180. The van der Waals surface area contributed by atoms with Crippen molar-refractivity contribution in [1.82, 2.24) is 30.7 Å². The number of hydrogen-bond donors (Lipinski definition) is 3. The second kappa shape index (κ2) is 9.19.